The molecule has 1 aliphatic rings. The fourth-order valence-electron chi connectivity index (χ4n) is 3.33. The molecule has 1 N–H and O–H groups in total. The lowest BCUT2D eigenvalue weighted by Gasteiger charge is -2.27. The van der Waals surface area contributed by atoms with Crippen LogP contribution in [0.5, 0.6) is 5.75 Å². The Labute approximate surface area is 130 Å². The minimum Gasteiger partial charge on any atom is -0.508 e. The molecule has 1 heterocycles. The molecule has 1 aliphatic heterocycles. The number of benzene rings is 2. The molecular weight excluding hydrogens is 274 g/mol. The fourth-order valence-corrected chi connectivity index (χ4v) is 6.58. The molecule has 3 heteroatoms. The molecule has 1 saturated heterocycles. The molecular formula is C18H24BOP. The number of aromatic hydroxyl groups is 1. The standard InChI is InChI=1S/C18H21OP.BH3/c1-14(16-10-5-6-11-17(16)19)18-12-7-13-20(18)15-8-3-2-4-9-15;/h2-6,8-11,14,18-19H,7,12-13H2,1H3;1H3. The van der Waals surface area contributed by atoms with Crippen LogP contribution in [0.3, 0.4) is 0 Å². The number of hydrogen-bond donors (Lipinski definition) is 1. The summed E-state index contributed by atoms with van der Waals surface area (Å²) in [6.07, 6.45) is 3.95. The summed E-state index contributed by atoms with van der Waals surface area (Å²) in [6, 6.07) is 18.8. The first kappa shape index (κ1) is 16.1. The second kappa shape index (κ2) is 7.14. The van der Waals surface area contributed by atoms with Gasteiger partial charge >= 0.3 is 0 Å². The molecule has 3 atom stereocenters. The molecule has 2 aromatic rings. The zero-order chi connectivity index (χ0) is 13.9. The van der Waals surface area contributed by atoms with E-state index in [-0.39, 0.29) is 16.3 Å². The monoisotopic (exact) mass is 298 g/mol. The predicted octanol–water partition coefficient (Wildman–Crippen LogP) is 3.28. The Morgan fingerprint density at radius 2 is 1.71 bits per heavy atom. The minimum atomic E-state index is -0.0902. The van der Waals surface area contributed by atoms with Crippen molar-refractivity contribution < 1.29 is 5.11 Å². The molecule has 0 saturated carbocycles. The third-order valence-corrected chi connectivity index (χ3v) is 7.66. The topological polar surface area (TPSA) is 20.2 Å². The largest absolute Gasteiger partial charge is 0.508 e. The van der Waals surface area contributed by atoms with Crippen LogP contribution in [0.2, 0.25) is 0 Å². The quantitative estimate of drug-likeness (QED) is 0.681. The van der Waals surface area contributed by atoms with Crippen LogP contribution in [-0.2, 0) is 0 Å². The highest BCUT2D eigenvalue weighted by Gasteiger charge is 2.33. The maximum Gasteiger partial charge on any atom is 0.119 e. The molecule has 0 amide bonds. The maximum atomic E-state index is 10.1. The molecule has 1 fully saturated rings. The highest BCUT2D eigenvalue weighted by molar-refractivity contribution is 7.66. The Hall–Kier alpha value is -1.27. The average molecular weight is 298 g/mol. The van der Waals surface area contributed by atoms with Crippen molar-refractivity contribution in [2.24, 2.45) is 0 Å². The molecule has 1 nitrogen and oxygen atoms in total. The Morgan fingerprint density at radius 3 is 2.43 bits per heavy atom. The zero-order valence-electron chi connectivity index (χ0n) is 11.9. The molecule has 21 heavy (non-hydrogen) atoms. The number of phenolic OH excluding ortho intramolecular Hbond substituents is 1. The molecule has 0 aliphatic carbocycles. The molecule has 0 bridgehead atoms. The van der Waals surface area contributed by atoms with Crippen LogP contribution in [0, 0.1) is 0 Å². The summed E-state index contributed by atoms with van der Waals surface area (Å²) in [5, 5.41) is 11.6. The van der Waals surface area contributed by atoms with Crippen LogP contribution >= 0.6 is 7.92 Å². The third-order valence-electron chi connectivity index (χ3n) is 4.39. The van der Waals surface area contributed by atoms with Gasteiger partial charge in [-0.15, -0.1) is 0 Å². The first-order valence-electron chi connectivity index (χ1n) is 7.37. The Kier molecular flexibility index (Phi) is 5.48. The van der Waals surface area contributed by atoms with Crippen LogP contribution < -0.4 is 5.30 Å². The van der Waals surface area contributed by atoms with Gasteiger partial charge in [0.05, 0.1) is 8.41 Å². The smallest absolute Gasteiger partial charge is 0.119 e. The lowest BCUT2D eigenvalue weighted by molar-refractivity contribution is 0.461. The van der Waals surface area contributed by atoms with E-state index in [9.17, 15) is 5.11 Å². The van der Waals surface area contributed by atoms with E-state index in [0.717, 1.165) is 5.56 Å². The third kappa shape index (κ3) is 3.32. The SMILES string of the molecule is B.CC(c1ccccc1O)C1CCCP1c1ccccc1. The van der Waals surface area contributed by atoms with Gasteiger partial charge in [0.2, 0.25) is 0 Å². The van der Waals surface area contributed by atoms with E-state index >= 15 is 0 Å². The van der Waals surface area contributed by atoms with E-state index in [1.54, 1.807) is 0 Å². The van der Waals surface area contributed by atoms with Gasteiger partial charge in [-0.1, -0.05) is 63.4 Å². The van der Waals surface area contributed by atoms with Gasteiger partial charge in [-0.05, 0) is 47.5 Å². The van der Waals surface area contributed by atoms with Crippen molar-refractivity contribution in [2.45, 2.75) is 31.3 Å². The van der Waals surface area contributed by atoms with Crippen molar-refractivity contribution in [1.29, 1.82) is 0 Å². The molecule has 3 rings (SSSR count). The van der Waals surface area contributed by atoms with E-state index < -0.39 is 0 Å². The number of phenols is 1. The van der Waals surface area contributed by atoms with Crippen LogP contribution in [0.15, 0.2) is 54.6 Å². The lowest BCUT2D eigenvalue weighted by atomic mass is 9.94. The van der Waals surface area contributed by atoms with Gasteiger partial charge in [0.1, 0.15) is 5.75 Å². The molecule has 0 radical (unpaired) electrons. The summed E-state index contributed by atoms with van der Waals surface area (Å²) in [5.74, 6) is 0.889. The number of rotatable bonds is 3. The van der Waals surface area contributed by atoms with Crippen LogP contribution in [0.1, 0.15) is 31.2 Å². The Bertz CT molecular complexity index is 572. The molecule has 0 aromatic heterocycles. The molecule has 110 valence electrons. The van der Waals surface area contributed by atoms with Gasteiger partial charge in [-0.2, -0.15) is 0 Å². The second-order valence-corrected chi connectivity index (χ2v) is 8.15. The number of para-hydroxylation sites is 1. The predicted molar refractivity (Wildman–Crippen MR) is 97.3 cm³/mol. The normalized spacial score (nSPS) is 22.5. The van der Waals surface area contributed by atoms with Crippen molar-refractivity contribution in [3.63, 3.8) is 0 Å². The average Bonchev–Trinajstić information content (AvgIpc) is 2.97. The van der Waals surface area contributed by atoms with Gasteiger partial charge < -0.3 is 5.11 Å². The van der Waals surface area contributed by atoms with E-state index in [4.69, 9.17) is 0 Å². The highest BCUT2D eigenvalue weighted by atomic mass is 31.1. The van der Waals surface area contributed by atoms with Crippen LogP contribution in [0.25, 0.3) is 0 Å². The molecule has 2 aromatic carbocycles. The van der Waals surface area contributed by atoms with E-state index in [1.165, 1.54) is 24.3 Å². The first-order chi connectivity index (χ1) is 9.77. The van der Waals surface area contributed by atoms with Crippen molar-refractivity contribution >= 4 is 21.6 Å². The van der Waals surface area contributed by atoms with Gasteiger partial charge in [-0.3, -0.25) is 0 Å². The Balaban J connectivity index is 0.00000161. The van der Waals surface area contributed by atoms with Crippen molar-refractivity contribution in [3.8, 4) is 5.75 Å². The van der Waals surface area contributed by atoms with E-state index in [2.05, 4.69) is 43.3 Å². The van der Waals surface area contributed by atoms with Crippen molar-refractivity contribution in [1.82, 2.24) is 0 Å². The zero-order valence-corrected chi connectivity index (χ0v) is 12.8. The Morgan fingerprint density at radius 1 is 1.05 bits per heavy atom. The van der Waals surface area contributed by atoms with Crippen molar-refractivity contribution in [2.75, 3.05) is 6.16 Å². The summed E-state index contributed by atoms with van der Waals surface area (Å²) in [4.78, 5) is 0. The van der Waals surface area contributed by atoms with E-state index in [0.29, 0.717) is 17.3 Å². The van der Waals surface area contributed by atoms with Gasteiger partial charge in [0, 0.05) is 0 Å². The summed E-state index contributed by atoms with van der Waals surface area (Å²) < 4.78 is 0. The molecule has 0 spiro atoms. The highest BCUT2D eigenvalue weighted by Crippen LogP contribution is 2.54. The maximum absolute atomic E-state index is 10.1. The van der Waals surface area contributed by atoms with Crippen LogP contribution in [-0.4, -0.2) is 25.3 Å². The second-order valence-electron chi connectivity index (χ2n) is 5.59. The summed E-state index contributed by atoms with van der Waals surface area (Å²) >= 11 is 0. The summed E-state index contributed by atoms with van der Waals surface area (Å²) in [5.41, 5.74) is 1.81. The lowest BCUT2D eigenvalue weighted by Crippen LogP contribution is -2.16. The van der Waals surface area contributed by atoms with Gasteiger partial charge in [0.15, 0.2) is 0 Å². The minimum absolute atomic E-state index is 0. The van der Waals surface area contributed by atoms with Crippen molar-refractivity contribution in [3.05, 3.63) is 60.2 Å². The van der Waals surface area contributed by atoms with Crippen LogP contribution in [0.4, 0.5) is 0 Å². The molecule has 3 unspecified atom stereocenters. The van der Waals surface area contributed by atoms with E-state index in [1.807, 2.05) is 18.2 Å². The van der Waals surface area contributed by atoms with Gasteiger partial charge in [0.25, 0.3) is 0 Å². The first-order valence-corrected chi connectivity index (χ1v) is 8.96. The summed E-state index contributed by atoms with van der Waals surface area (Å²) in [7, 11) is -0.0902. The number of hydrogen-bond acceptors (Lipinski definition) is 1. The fraction of sp³-hybridized carbons (Fsp3) is 0.333. The summed E-state index contributed by atoms with van der Waals surface area (Å²) in [6.45, 7) is 2.28. The van der Waals surface area contributed by atoms with Gasteiger partial charge in [-0.25, -0.2) is 0 Å².